The van der Waals surface area contributed by atoms with E-state index in [9.17, 15) is 9.59 Å². The van der Waals surface area contributed by atoms with Gasteiger partial charge in [-0.05, 0) is 33.3 Å². The molecule has 0 amide bonds. The molecule has 2 atom stereocenters. The molecule has 1 rings (SSSR count). The number of Topliss-reactive ketones (excluding diaryl/α,β-unsaturated/α-hetero) is 1. The molecule has 0 saturated heterocycles. The zero-order valence-electron chi connectivity index (χ0n) is 12.6. The van der Waals surface area contributed by atoms with Crippen LogP contribution in [0.2, 0.25) is 0 Å². The van der Waals surface area contributed by atoms with Crippen LogP contribution in [0, 0.1) is 5.41 Å². The lowest BCUT2D eigenvalue weighted by molar-refractivity contribution is -0.159. The molecule has 0 heterocycles. The molecule has 0 bridgehead atoms. The Labute approximate surface area is 120 Å². The molecule has 0 aliphatic carbocycles. The normalized spacial score (nSPS) is 15.6. The van der Waals surface area contributed by atoms with Crippen molar-refractivity contribution in [3.05, 3.63) is 48.0 Å². The minimum atomic E-state index is -1.20. The Morgan fingerprint density at radius 2 is 1.90 bits per heavy atom. The molecule has 3 heteroatoms. The highest BCUT2D eigenvalue weighted by Crippen LogP contribution is 2.39. The van der Waals surface area contributed by atoms with Gasteiger partial charge >= 0.3 is 5.97 Å². The third kappa shape index (κ3) is 3.16. The van der Waals surface area contributed by atoms with Gasteiger partial charge in [-0.1, -0.05) is 42.5 Å². The molecule has 0 aliphatic heterocycles. The van der Waals surface area contributed by atoms with Crippen LogP contribution in [0.25, 0.3) is 0 Å². The van der Waals surface area contributed by atoms with Crippen molar-refractivity contribution in [1.29, 1.82) is 0 Å². The van der Waals surface area contributed by atoms with Crippen LogP contribution in [0.3, 0.4) is 0 Å². The van der Waals surface area contributed by atoms with E-state index in [1.807, 2.05) is 49.4 Å². The summed E-state index contributed by atoms with van der Waals surface area (Å²) in [5.74, 6) is -0.993. The SMILES string of the molecule is C/C=C/[C@H](c1ccccc1)[C@@](C)(C(C)=O)C(=O)OCC. The summed E-state index contributed by atoms with van der Waals surface area (Å²) in [5.41, 5.74) is -0.277. The summed E-state index contributed by atoms with van der Waals surface area (Å²) in [6.07, 6.45) is 3.74. The fourth-order valence-electron chi connectivity index (χ4n) is 2.26. The number of benzene rings is 1. The van der Waals surface area contributed by atoms with E-state index in [0.717, 1.165) is 5.56 Å². The molecule has 3 nitrogen and oxygen atoms in total. The van der Waals surface area contributed by atoms with Crippen LogP contribution in [0.4, 0.5) is 0 Å². The van der Waals surface area contributed by atoms with Gasteiger partial charge in [-0.15, -0.1) is 0 Å². The molecule has 0 N–H and O–H groups in total. The van der Waals surface area contributed by atoms with E-state index in [4.69, 9.17) is 4.74 Å². The maximum Gasteiger partial charge on any atom is 0.320 e. The highest BCUT2D eigenvalue weighted by molar-refractivity contribution is 6.03. The van der Waals surface area contributed by atoms with Crippen molar-refractivity contribution >= 4 is 11.8 Å². The third-order valence-corrected chi connectivity index (χ3v) is 3.60. The zero-order chi connectivity index (χ0) is 15.2. The lowest BCUT2D eigenvalue weighted by Gasteiger charge is -2.31. The number of esters is 1. The standard InChI is InChI=1S/C17H22O3/c1-5-10-15(14-11-8-7-9-12-14)17(4,13(3)18)16(19)20-6-2/h5,7-12,15H,6H2,1-4H3/b10-5+/t15-,17-/m1/s1. The van der Waals surface area contributed by atoms with E-state index in [0.29, 0.717) is 0 Å². The number of rotatable bonds is 6. The van der Waals surface area contributed by atoms with E-state index in [-0.39, 0.29) is 18.3 Å². The second-order valence-corrected chi connectivity index (χ2v) is 4.89. The number of ether oxygens (including phenoxy) is 1. The van der Waals surface area contributed by atoms with Crippen LogP contribution in [-0.2, 0) is 14.3 Å². The Hall–Kier alpha value is -1.90. The molecule has 20 heavy (non-hydrogen) atoms. The predicted molar refractivity (Wildman–Crippen MR) is 79.4 cm³/mol. The molecular formula is C17H22O3. The van der Waals surface area contributed by atoms with Gasteiger partial charge in [0.2, 0.25) is 0 Å². The van der Waals surface area contributed by atoms with Crippen LogP contribution < -0.4 is 0 Å². The van der Waals surface area contributed by atoms with E-state index >= 15 is 0 Å². The van der Waals surface area contributed by atoms with Gasteiger partial charge in [0, 0.05) is 5.92 Å². The molecule has 108 valence electrons. The number of ketones is 1. The Bertz CT molecular complexity index is 490. The van der Waals surface area contributed by atoms with Gasteiger partial charge in [0.15, 0.2) is 0 Å². The summed E-state index contributed by atoms with van der Waals surface area (Å²) in [6.45, 7) is 6.98. The minimum Gasteiger partial charge on any atom is -0.465 e. The number of hydrogen-bond acceptors (Lipinski definition) is 3. The molecular weight excluding hydrogens is 252 g/mol. The number of allylic oxidation sites excluding steroid dienone is 2. The first kappa shape index (κ1) is 16.2. The van der Waals surface area contributed by atoms with Crippen LogP contribution in [-0.4, -0.2) is 18.4 Å². The van der Waals surface area contributed by atoms with Gasteiger partial charge < -0.3 is 4.74 Å². The molecule has 0 unspecified atom stereocenters. The first-order valence-corrected chi connectivity index (χ1v) is 6.84. The summed E-state index contributed by atoms with van der Waals surface area (Å²) >= 11 is 0. The largest absolute Gasteiger partial charge is 0.465 e. The summed E-state index contributed by atoms with van der Waals surface area (Å²) in [6, 6.07) is 9.55. The van der Waals surface area contributed by atoms with Gasteiger partial charge in [0.05, 0.1) is 6.61 Å². The quantitative estimate of drug-likeness (QED) is 0.453. The monoisotopic (exact) mass is 274 g/mol. The van der Waals surface area contributed by atoms with E-state index in [1.165, 1.54) is 6.92 Å². The van der Waals surface area contributed by atoms with Gasteiger partial charge in [0.25, 0.3) is 0 Å². The summed E-state index contributed by atoms with van der Waals surface area (Å²) in [5, 5.41) is 0. The van der Waals surface area contributed by atoms with Gasteiger partial charge in [-0.2, -0.15) is 0 Å². The Morgan fingerprint density at radius 1 is 1.30 bits per heavy atom. The first-order valence-electron chi connectivity index (χ1n) is 6.84. The highest BCUT2D eigenvalue weighted by Gasteiger charge is 2.46. The number of hydrogen-bond donors (Lipinski definition) is 0. The Morgan fingerprint density at radius 3 is 2.35 bits per heavy atom. The minimum absolute atomic E-state index is 0.192. The summed E-state index contributed by atoms with van der Waals surface area (Å²) in [7, 11) is 0. The third-order valence-electron chi connectivity index (χ3n) is 3.60. The van der Waals surface area contributed by atoms with Gasteiger partial charge in [-0.3, -0.25) is 9.59 Å². The van der Waals surface area contributed by atoms with Gasteiger partial charge in [-0.25, -0.2) is 0 Å². The molecule has 0 radical (unpaired) electrons. The summed E-state index contributed by atoms with van der Waals surface area (Å²) < 4.78 is 5.12. The van der Waals surface area contributed by atoms with E-state index in [2.05, 4.69) is 0 Å². The average Bonchev–Trinajstić information content (AvgIpc) is 2.45. The lowest BCUT2D eigenvalue weighted by Crippen LogP contribution is -2.41. The molecule has 0 fully saturated rings. The van der Waals surface area contributed by atoms with Crippen molar-refractivity contribution in [2.75, 3.05) is 6.61 Å². The second kappa shape index (κ2) is 7.04. The molecule has 1 aromatic rings. The highest BCUT2D eigenvalue weighted by atomic mass is 16.5. The van der Waals surface area contributed by atoms with Crippen LogP contribution in [0.5, 0.6) is 0 Å². The molecule has 0 spiro atoms. The maximum absolute atomic E-state index is 12.3. The van der Waals surface area contributed by atoms with Crippen LogP contribution in [0.15, 0.2) is 42.5 Å². The topological polar surface area (TPSA) is 43.4 Å². The Balaban J connectivity index is 3.34. The fourth-order valence-corrected chi connectivity index (χ4v) is 2.26. The molecule has 0 saturated carbocycles. The average molecular weight is 274 g/mol. The lowest BCUT2D eigenvalue weighted by atomic mass is 9.70. The van der Waals surface area contributed by atoms with Crippen LogP contribution >= 0.6 is 0 Å². The van der Waals surface area contributed by atoms with Gasteiger partial charge in [0.1, 0.15) is 11.2 Å². The van der Waals surface area contributed by atoms with Crippen molar-refractivity contribution in [2.24, 2.45) is 5.41 Å². The summed E-state index contributed by atoms with van der Waals surface area (Å²) in [4.78, 5) is 24.5. The smallest absolute Gasteiger partial charge is 0.320 e. The number of carbonyl (C=O) groups excluding carboxylic acids is 2. The second-order valence-electron chi connectivity index (χ2n) is 4.89. The Kier molecular flexibility index (Phi) is 5.68. The predicted octanol–water partition coefficient (Wildman–Crippen LogP) is 3.50. The van der Waals surface area contributed by atoms with Crippen LogP contribution in [0.1, 0.15) is 39.2 Å². The molecule has 0 aromatic heterocycles. The van der Waals surface area contributed by atoms with Crippen molar-refractivity contribution < 1.29 is 14.3 Å². The first-order chi connectivity index (χ1) is 9.48. The van der Waals surface area contributed by atoms with Crippen molar-refractivity contribution in [3.63, 3.8) is 0 Å². The van der Waals surface area contributed by atoms with Crippen molar-refractivity contribution in [3.8, 4) is 0 Å². The fraction of sp³-hybridized carbons (Fsp3) is 0.412. The van der Waals surface area contributed by atoms with Crippen molar-refractivity contribution in [1.82, 2.24) is 0 Å². The van der Waals surface area contributed by atoms with Crippen molar-refractivity contribution in [2.45, 2.75) is 33.6 Å². The number of carbonyl (C=O) groups is 2. The van der Waals surface area contributed by atoms with E-state index in [1.54, 1.807) is 13.8 Å². The maximum atomic E-state index is 12.3. The molecule has 0 aliphatic rings. The zero-order valence-corrected chi connectivity index (χ0v) is 12.6. The van der Waals surface area contributed by atoms with E-state index < -0.39 is 11.4 Å². The molecule has 1 aromatic carbocycles.